The number of aliphatic imine (C=N–C) groups is 1. The van der Waals surface area contributed by atoms with E-state index in [1.165, 1.54) is 0 Å². The van der Waals surface area contributed by atoms with Crippen molar-refractivity contribution in [3.8, 4) is 6.07 Å². The normalized spacial score (nSPS) is 14.7. The lowest BCUT2D eigenvalue weighted by Gasteiger charge is -2.31. The van der Waals surface area contributed by atoms with Crippen molar-refractivity contribution in [2.75, 3.05) is 18.0 Å². The topological polar surface area (TPSA) is 39.4 Å². The maximum atomic E-state index is 8.93. The highest BCUT2D eigenvalue weighted by atomic mass is 79.9. The van der Waals surface area contributed by atoms with Crippen molar-refractivity contribution in [1.29, 1.82) is 5.26 Å². The molecule has 1 heterocycles. The summed E-state index contributed by atoms with van der Waals surface area (Å²) in [5.74, 6) is 0.205. The molecule has 0 saturated carbocycles. The van der Waals surface area contributed by atoms with Crippen molar-refractivity contribution in [2.45, 2.75) is 26.7 Å². The SMILES string of the molecule is C=Nc1ccc(N2CCC(C#N)CC2)cc1C(=C)Br.CC. The Bertz CT molecular complexity index is 537. The fourth-order valence-electron chi connectivity index (χ4n) is 2.34. The first kappa shape index (κ1) is 17.5. The van der Waals surface area contributed by atoms with Crippen molar-refractivity contribution in [1.82, 2.24) is 0 Å². The summed E-state index contributed by atoms with van der Waals surface area (Å²) in [6, 6.07) is 8.44. The number of nitriles is 1. The van der Waals surface area contributed by atoms with Crippen LogP contribution in [0.15, 0.2) is 29.8 Å². The minimum Gasteiger partial charge on any atom is -0.371 e. The van der Waals surface area contributed by atoms with Crippen molar-refractivity contribution >= 4 is 38.5 Å². The van der Waals surface area contributed by atoms with Crippen LogP contribution in [0.4, 0.5) is 11.4 Å². The summed E-state index contributed by atoms with van der Waals surface area (Å²) in [4.78, 5) is 6.31. The average molecular weight is 348 g/mol. The van der Waals surface area contributed by atoms with Gasteiger partial charge in [0.2, 0.25) is 0 Å². The molecule has 0 unspecified atom stereocenters. The summed E-state index contributed by atoms with van der Waals surface area (Å²) in [7, 11) is 0. The lowest BCUT2D eigenvalue weighted by atomic mass is 9.98. The van der Waals surface area contributed by atoms with Crippen LogP contribution in [0.3, 0.4) is 0 Å². The maximum absolute atomic E-state index is 8.93. The van der Waals surface area contributed by atoms with Crippen LogP contribution in [0, 0.1) is 17.2 Å². The fourth-order valence-corrected chi connectivity index (χ4v) is 2.66. The molecule has 0 aromatic heterocycles. The number of nitrogens with zero attached hydrogens (tertiary/aromatic N) is 3. The molecule has 0 bridgehead atoms. The van der Waals surface area contributed by atoms with Gasteiger partial charge < -0.3 is 4.90 Å². The Hall–Kier alpha value is -1.60. The Morgan fingerprint density at radius 2 is 2.00 bits per heavy atom. The Morgan fingerprint density at radius 3 is 2.48 bits per heavy atom. The summed E-state index contributed by atoms with van der Waals surface area (Å²) >= 11 is 3.41. The van der Waals surface area contributed by atoms with Gasteiger partial charge in [0.25, 0.3) is 0 Å². The molecule has 1 aromatic carbocycles. The van der Waals surface area contributed by atoms with Crippen LogP contribution in [-0.4, -0.2) is 19.8 Å². The summed E-state index contributed by atoms with van der Waals surface area (Å²) in [6.45, 7) is 13.3. The lowest BCUT2D eigenvalue weighted by Crippen LogP contribution is -2.33. The maximum Gasteiger partial charge on any atom is 0.0707 e. The number of rotatable bonds is 3. The van der Waals surface area contributed by atoms with Crippen LogP contribution in [0.5, 0.6) is 0 Å². The highest BCUT2D eigenvalue weighted by Gasteiger charge is 2.19. The first-order valence-corrected chi connectivity index (χ1v) is 8.05. The molecule has 0 radical (unpaired) electrons. The van der Waals surface area contributed by atoms with E-state index in [1.54, 1.807) is 0 Å². The molecule has 3 nitrogen and oxygen atoms in total. The van der Waals surface area contributed by atoms with E-state index in [0.717, 1.165) is 47.4 Å². The van der Waals surface area contributed by atoms with E-state index in [1.807, 2.05) is 19.9 Å². The molecule has 1 fully saturated rings. The first-order valence-electron chi connectivity index (χ1n) is 7.26. The predicted molar refractivity (Wildman–Crippen MR) is 95.5 cm³/mol. The average Bonchev–Trinajstić information content (AvgIpc) is 2.56. The predicted octanol–water partition coefficient (Wildman–Crippen LogP) is 5.15. The third kappa shape index (κ3) is 4.44. The highest BCUT2D eigenvalue weighted by Crippen LogP contribution is 2.33. The van der Waals surface area contributed by atoms with Crippen molar-refractivity contribution in [3.63, 3.8) is 0 Å². The summed E-state index contributed by atoms with van der Waals surface area (Å²) in [6.07, 6.45) is 1.87. The molecular formula is C17H22BrN3. The summed E-state index contributed by atoms with van der Waals surface area (Å²) in [5, 5.41) is 8.93. The van der Waals surface area contributed by atoms with Crippen LogP contribution >= 0.6 is 15.9 Å². The molecule has 1 saturated heterocycles. The van der Waals surface area contributed by atoms with Gasteiger partial charge in [0.15, 0.2) is 0 Å². The molecule has 2 rings (SSSR count). The Balaban J connectivity index is 0.00000106. The highest BCUT2D eigenvalue weighted by molar-refractivity contribution is 9.15. The zero-order valence-electron chi connectivity index (χ0n) is 12.8. The molecule has 112 valence electrons. The summed E-state index contributed by atoms with van der Waals surface area (Å²) < 4.78 is 0.809. The Morgan fingerprint density at radius 1 is 1.38 bits per heavy atom. The van der Waals surface area contributed by atoms with Gasteiger partial charge in [-0.25, -0.2) is 0 Å². The van der Waals surface area contributed by atoms with E-state index in [0.29, 0.717) is 0 Å². The van der Waals surface area contributed by atoms with Crippen LogP contribution in [0.1, 0.15) is 32.3 Å². The van der Waals surface area contributed by atoms with Crippen LogP contribution in [-0.2, 0) is 0 Å². The van der Waals surface area contributed by atoms with E-state index in [-0.39, 0.29) is 5.92 Å². The number of hydrogen-bond donors (Lipinski definition) is 0. The molecule has 0 aliphatic carbocycles. The molecule has 0 N–H and O–H groups in total. The standard InChI is InChI=1S/C15H16BrN3.C2H6/c1-11(16)14-9-13(3-4-15(14)18-2)19-7-5-12(10-17)6-8-19;1-2/h3-4,9,12H,1-2,5-8H2;1-2H3. The number of benzene rings is 1. The molecule has 0 spiro atoms. The van der Waals surface area contributed by atoms with Gasteiger partial charge in [-0.2, -0.15) is 5.26 Å². The van der Waals surface area contributed by atoms with E-state index < -0.39 is 0 Å². The van der Waals surface area contributed by atoms with Gasteiger partial charge in [-0.05, 0) is 37.8 Å². The number of anilines is 1. The van der Waals surface area contributed by atoms with Gasteiger partial charge in [-0.15, -0.1) is 0 Å². The number of halogens is 1. The second-order valence-corrected chi connectivity index (χ2v) is 5.61. The van der Waals surface area contributed by atoms with Gasteiger partial charge in [0.05, 0.1) is 11.8 Å². The fraction of sp³-hybridized carbons (Fsp3) is 0.412. The third-order valence-electron chi connectivity index (χ3n) is 3.49. The molecule has 21 heavy (non-hydrogen) atoms. The van der Waals surface area contributed by atoms with E-state index in [9.17, 15) is 0 Å². The van der Waals surface area contributed by atoms with Gasteiger partial charge in [0, 0.05) is 34.7 Å². The minimum atomic E-state index is 0.205. The molecule has 1 aromatic rings. The first-order chi connectivity index (χ1) is 10.2. The number of piperidine rings is 1. The van der Waals surface area contributed by atoms with E-state index in [2.05, 4.69) is 57.3 Å². The van der Waals surface area contributed by atoms with Gasteiger partial charge in [-0.1, -0.05) is 36.4 Å². The number of hydrogen-bond acceptors (Lipinski definition) is 3. The van der Waals surface area contributed by atoms with Gasteiger partial charge in [-0.3, -0.25) is 4.99 Å². The summed E-state index contributed by atoms with van der Waals surface area (Å²) in [5.41, 5.74) is 2.95. The zero-order chi connectivity index (χ0) is 15.8. The molecule has 1 aliphatic rings. The monoisotopic (exact) mass is 347 g/mol. The third-order valence-corrected chi connectivity index (χ3v) is 3.91. The largest absolute Gasteiger partial charge is 0.371 e. The molecule has 4 heteroatoms. The van der Waals surface area contributed by atoms with Crippen molar-refractivity contribution in [3.05, 3.63) is 30.3 Å². The van der Waals surface area contributed by atoms with E-state index in [4.69, 9.17) is 5.26 Å². The van der Waals surface area contributed by atoms with Crippen LogP contribution in [0.2, 0.25) is 0 Å². The smallest absolute Gasteiger partial charge is 0.0707 e. The second kappa shape index (κ2) is 8.63. The lowest BCUT2D eigenvalue weighted by molar-refractivity contribution is 0.488. The van der Waals surface area contributed by atoms with Crippen molar-refractivity contribution < 1.29 is 0 Å². The van der Waals surface area contributed by atoms with Crippen LogP contribution < -0.4 is 4.90 Å². The minimum absolute atomic E-state index is 0.205. The zero-order valence-corrected chi connectivity index (χ0v) is 14.4. The molecular weight excluding hydrogens is 326 g/mol. The Kier molecular flexibility index (Phi) is 7.18. The molecule has 0 amide bonds. The molecule has 1 aliphatic heterocycles. The van der Waals surface area contributed by atoms with Gasteiger partial charge >= 0.3 is 0 Å². The van der Waals surface area contributed by atoms with Gasteiger partial charge in [0.1, 0.15) is 0 Å². The quantitative estimate of drug-likeness (QED) is 0.709. The van der Waals surface area contributed by atoms with E-state index >= 15 is 0 Å². The second-order valence-electron chi connectivity index (χ2n) is 4.65. The van der Waals surface area contributed by atoms with Crippen molar-refractivity contribution in [2.24, 2.45) is 10.9 Å². The van der Waals surface area contributed by atoms with Crippen LogP contribution in [0.25, 0.3) is 4.48 Å². The molecule has 0 atom stereocenters. The Labute approximate surface area is 136 Å².